The van der Waals surface area contributed by atoms with Crippen LogP contribution in [0.4, 0.5) is 20.2 Å². The summed E-state index contributed by atoms with van der Waals surface area (Å²) in [5, 5.41) is 2.99. The number of aryl methyl sites for hydroxylation is 1. The van der Waals surface area contributed by atoms with E-state index in [4.69, 9.17) is 18.0 Å². The lowest BCUT2D eigenvalue weighted by Gasteiger charge is -2.12. The zero-order valence-electron chi connectivity index (χ0n) is 10.2. The summed E-state index contributed by atoms with van der Waals surface area (Å²) in [6.07, 6.45) is 0. The Kier molecular flexibility index (Phi) is 3.76. The number of anilines is 2. The highest BCUT2D eigenvalue weighted by Gasteiger charge is 2.11. The van der Waals surface area contributed by atoms with Crippen molar-refractivity contribution in [3.8, 4) is 0 Å². The minimum absolute atomic E-state index is 0.0283. The second kappa shape index (κ2) is 5.32. The van der Waals surface area contributed by atoms with Crippen LogP contribution in [-0.4, -0.2) is 4.99 Å². The number of halogens is 2. The fourth-order valence-corrected chi connectivity index (χ4v) is 1.96. The summed E-state index contributed by atoms with van der Waals surface area (Å²) in [7, 11) is 0. The van der Waals surface area contributed by atoms with Gasteiger partial charge in [-0.15, -0.1) is 0 Å². The minimum atomic E-state index is -0.490. The quantitative estimate of drug-likeness (QED) is 0.842. The Hall–Kier alpha value is -2.01. The zero-order valence-corrected chi connectivity index (χ0v) is 11.0. The average molecular weight is 278 g/mol. The first-order chi connectivity index (χ1) is 8.99. The second-order valence-electron chi connectivity index (χ2n) is 4.12. The number of rotatable bonds is 3. The van der Waals surface area contributed by atoms with E-state index in [1.54, 1.807) is 31.2 Å². The van der Waals surface area contributed by atoms with Crippen LogP contribution < -0.4 is 11.1 Å². The molecule has 0 radical (unpaired) electrons. The van der Waals surface area contributed by atoms with Crippen molar-refractivity contribution >= 4 is 28.6 Å². The number of hydrogen-bond donors (Lipinski definition) is 2. The molecule has 0 aromatic heterocycles. The maximum absolute atomic E-state index is 13.7. The molecule has 0 unspecified atom stereocenters. The molecule has 0 aliphatic rings. The molecule has 19 heavy (non-hydrogen) atoms. The van der Waals surface area contributed by atoms with Crippen LogP contribution in [0.25, 0.3) is 0 Å². The first-order valence-corrected chi connectivity index (χ1v) is 6.01. The van der Waals surface area contributed by atoms with Gasteiger partial charge in [-0.3, -0.25) is 0 Å². The lowest BCUT2D eigenvalue weighted by molar-refractivity contribution is 0.618. The normalized spacial score (nSPS) is 10.3. The molecule has 0 fully saturated rings. The van der Waals surface area contributed by atoms with Crippen molar-refractivity contribution in [1.82, 2.24) is 0 Å². The number of nitrogens with two attached hydrogens (primary N) is 1. The van der Waals surface area contributed by atoms with Gasteiger partial charge < -0.3 is 11.1 Å². The summed E-state index contributed by atoms with van der Waals surface area (Å²) in [5.41, 5.74) is 7.26. The van der Waals surface area contributed by atoms with Crippen molar-refractivity contribution in [3.63, 3.8) is 0 Å². The largest absolute Gasteiger partial charge is 0.389 e. The molecule has 0 saturated carbocycles. The van der Waals surface area contributed by atoms with Crippen LogP contribution in [0.3, 0.4) is 0 Å². The predicted octanol–water partition coefficient (Wildman–Crippen LogP) is 3.65. The molecule has 0 bridgehead atoms. The predicted molar refractivity (Wildman–Crippen MR) is 76.7 cm³/mol. The van der Waals surface area contributed by atoms with E-state index in [0.29, 0.717) is 16.9 Å². The van der Waals surface area contributed by atoms with Gasteiger partial charge in [0.15, 0.2) is 0 Å². The van der Waals surface area contributed by atoms with Crippen LogP contribution in [0, 0.1) is 18.6 Å². The van der Waals surface area contributed by atoms with Crippen molar-refractivity contribution in [1.29, 1.82) is 0 Å². The molecule has 0 saturated heterocycles. The smallest absolute Gasteiger partial charge is 0.135 e. The van der Waals surface area contributed by atoms with E-state index in [1.165, 1.54) is 12.1 Å². The van der Waals surface area contributed by atoms with Crippen LogP contribution in [0.2, 0.25) is 0 Å². The average Bonchev–Trinajstić information content (AvgIpc) is 2.33. The van der Waals surface area contributed by atoms with Gasteiger partial charge in [-0.25, -0.2) is 8.78 Å². The molecule has 0 aliphatic carbocycles. The Balaban J connectivity index is 2.40. The third-order valence-corrected chi connectivity index (χ3v) is 2.90. The summed E-state index contributed by atoms with van der Waals surface area (Å²) in [5.74, 6) is -0.782. The Morgan fingerprint density at radius 2 is 1.89 bits per heavy atom. The fraction of sp³-hybridized carbons (Fsp3) is 0.0714. The highest BCUT2D eigenvalue weighted by atomic mass is 32.1. The van der Waals surface area contributed by atoms with E-state index in [9.17, 15) is 8.78 Å². The first-order valence-electron chi connectivity index (χ1n) is 5.60. The van der Waals surface area contributed by atoms with Crippen LogP contribution in [0.15, 0.2) is 36.4 Å². The monoisotopic (exact) mass is 278 g/mol. The molecule has 0 atom stereocenters. The molecule has 0 amide bonds. The summed E-state index contributed by atoms with van der Waals surface area (Å²) in [4.78, 5) is -0.0283. The molecule has 2 aromatic carbocycles. The number of nitrogens with one attached hydrogen (secondary N) is 1. The van der Waals surface area contributed by atoms with Gasteiger partial charge in [0.2, 0.25) is 0 Å². The molecule has 0 heterocycles. The molecular weight excluding hydrogens is 266 g/mol. The lowest BCUT2D eigenvalue weighted by atomic mass is 10.1. The van der Waals surface area contributed by atoms with Gasteiger partial charge in [-0.1, -0.05) is 18.3 Å². The van der Waals surface area contributed by atoms with Crippen molar-refractivity contribution < 1.29 is 8.78 Å². The van der Waals surface area contributed by atoms with Gasteiger partial charge in [0.25, 0.3) is 0 Å². The van der Waals surface area contributed by atoms with E-state index in [-0.39, 0.29) is 16.4 Å². The van der Waals surface area contributed by atoms with Crippen molar-refractivity contribution in [2.24, 2.45) is 5.73 Å². The topological polar surface area (TPSA) is 38.0 Å². The van der Waals surface area contributed by atoms with Gasteiger partial charge in [0, 0.05) is 5.69 Å². The molecule has 3 N–H and O–H groups in total. The Morgan fingerprint density at radius 1 is 1.16 bits per heavy atom. The SMILES string of the molecule is Cc1cc(Nc2cccc(F)c2C(N)=S)ccc1F. The molecule has 98 valence electrons. The van der Waals surface area contributed by atoms with Crippen molar-refractivity contribution in [2.45, 2.75) is 6.92 Å². The Morgan fingerprint density at radius 3 is 2.53 bits per heavy atom. The molecule has 5 heteroatoms. The highest BCUT2D eigenvalue weighted by Crippen LogP contribution is 2.24. The van der Waals surface area contributed by atoms with Crippen LogP contribution in [-0.2, 0) is 0 Å². The number of thiocarbonyl (C=S) groups is 1. The maximum Gasteiger partial charge on any atom is 0.135 e. The zero-order chi connectivity index (χ0) is 14.0. The van der Waals surface area contributed by atoms with E-state index in [1.807, 2.05) is 0 Å². The van der Waals surface area contributed by atoms with Gasteiger partial charge in [-0.2, -0.15) is 0 Å². The first kappa shape index (κ1) is 13.4. The van der Waals surface area contributed by atoms with E-state index in [0.717, 1.165) is 0 Å². The summed E-state index contributed by atoms with van der Waals surface area (Å²) in [6, 6.07) is 9.04. The molecule has 2 rings (SSSR count). The Labute approximate surface area is 115 Å². The summed E-state index contributed by atoms with van der Waals surface area (Å²) in [6.45, 7) is 1.65. The number of hydrogen-bond acceptors (Lipinski definition) is 2. The fourth-order valence-electron chi connectivity index (χ4n) is 1.76. The molecule has 2 aromatic rings. The minimum Gasteiger partial charge on any atom is -0.389 e. The molecular formula is C14H12F2N2S. The third kappa shape index (κ3) is 2.88. The molecule has 0 spiro atoms. The van der Waals surface area contributed by atoms with E-state index in [2.05, 4.69) is 5.32 Å². The lowest BCUT2D eigenvalue weighted by Crippen LogP contribution is -2.14. The summed E-state index contributed by atoms with van der Waals surface area (Å²) < 4.78 is 26.9. The second-order valence-corrected chi connectivity index (χ2v) is 4.56. The van der Waals surface area contributed by atoms with E-state index < -0.39 is 5.82 Å². The maximum atomic E-state index is 13.7. The highest BCUT2D eigenvalue weighted by molar-refractivity contribution is 7.80. The van der Waals surface area contributed by atoms with Gasteiger partial charge in [0.05, 0.1) is 11.3 Å². The van der Waals surface area contributed by atoms with Crippen LogP contribution >= 0.6 is 12.2 Å². The molecule has 0 aliphatic heterocycles. The number of benzene rings is 2. The van der Waals surface area contributed by atoms with Gasteiger partial charge in [-0.05, 0) is 42.8 Å². The van der Waals surface area contributed by atoms with Gasteiger partial charge >= 0.3 is 0 Å². The van der Waals surface area contributed by atoms with Crippen LogP contribution in [0.1, 0.15) is 11.1 Å². The van der Waals surface area contributed by atoms with Crippen molar-refractivity contribution in [2.75, 3.05) is 5.32 Å². The van der Waals surface area contributed by atoms with Crippen molar-refractivity contribution in [3.05, 3.63) is 59.2 Å². The summed E-state index contributed by atoms with van der Waals surface area (Å²) >= 11 is 4.84. The molecule has 2 nitrogen and oxygen atoms in total. The van der Waals surface area contributed by atoms with Gasteiger partial charge in [0.1, 0.15) is 16.6 Å². The Bertz CT molecular complexity index is 641. The standard InChI is InChI=1S/C14H12F2N2S/c1-8-7-9(5-6-10(8)15)18-12-4-2-3-11(16)13(12)14(17)19/h2-7,18H,1H3,(H2,17,19). The third-order valence-electron chi connectivity index (χ3n) is 2.70. The van der Waals surface area contributed by atoms with E-state index >= 15 is 0 Å². The van der Waals surface area contributed by atoms with Crippen LogP contribution in [0.5, 0.6) is 0 Å².